The second kappa shape index (κ2) is 3.62. The number of benzene rings is 1. The van der Waals surface area contributed by atoms with Crippen LogP contribution in [0.15, 0.2) is 22.7 Å². The number of hydrogen-bond donors (Lipinski definition) is 0. The van der Waals surface area contributed by atoms with Crippen molar-refractivity contribution < 1.29 is 9.18 Å². The highest BCUT2D eigenvalue weighted by Gasteiger charge is 1.98. The summed E-state index contributed by atoms with van der Waals surface area (Å²) in [4.78, 5) is 10.0. The Labute approximate surface area is 72.4 Å². The number of carbonyl (C=O) groups is 1. The standard InChI is InChI=1S/C8H6BrFO/c9-7-2-1-6(3-4-11)5-8(7)10/h1-2,4-5H,3H2. The fourth-order valence-corrected chi connectivity index (χ4v) is 1.01. The van der Waals surface area contributed by atoms with Crippen LogP contribution >= 0.6 is 15.9 Å². The summed E-state index contributed by atoms with van der Waals surface area (Å²) in [6.07, 6.45) is 1.02. The minimum absolute atomic E-state index is 0.268. The molecule has 0 N–H and O–H groups in total. The number of aldehydes is 1. The summed E-state index contributed by atoms with van der Waals surface area (Å²) < 4.78 is 13.2. The summed E-state index contributed by atoms with van der Waals surface area (Å²) in [6.45, 7) is 0. The molecule has 0 fully saturated rings. The molecular formula is C8H6BrFO. The highest BCUT2D eigenvalue weighted by atomic mass is 79.9. The molecule has 0 heterocycles. The molecule has 1 aromatic carbocycles. The smallest absolute Gasteiger partial charge is 0.137 e. The van der Waals surface area contributed by atoms with Gasteiger partial charge in [-0.15, -0.1) is 0 Å². The van der Waals surface area contributed by atoms with Crippen LogP contribution in [0.5, 0.6) is 0 Å². The second-order valence-electron chi connectivity index (χ2n) is 2.12. The van der Waals surface area contributed by atoms with Crippen LogP contribution in [0.4, 0.5) is 4.39 Å². The van der Waals surface area contributed by atoms with Gasteiger partial charge in [-0.25, -0.2) is 4.39 Å². The minimum atomic E-state index is -0.329. The quantitative estimate of drug-likeness (QED) is 0.694. The van der Waals surface area contributed by atoms with Gasteiger partial charge in [-0.05, 0) is 33.6 Å². The Morgan fingerprint density at radius 2 is 2.27 bits per heavy atom. The van der Waals surface area contributed by atoms with Crippen molar-refractivity contribution in [3.63, 3.8) is 0 Å². The van der Waals surface area contributed by atoms with Crippen molar-refractivity contribution in [2.24, 2.45) is 0 Å². The Morgan fingerprint density at radius 1 is 1.55 bits per heavy atom. The van der Waals surface area contributed by atoms with E-state index >= 15 is 0 Å². The van der Waals surface area contributed by atoms with Crippen molar-refractivity contribution in [3.05, 3.63) is 34.1 Å². The average molecular weight is 217 g/mol. The third-order valence-electron chi connectivity index (χ3n) is 1.30. The molecule has 0 aliphatic carbocycles. The first kappa shape index (κ1) is 8.40. The molecule has 0 saturated heterocycles. The van der Waals surface area contributed by atoms with E-state index in [2.05, 4.69) is 15.9 Å². The van der Waals surface area contributed by atoms with Crippen molar-refractivity contribution >= 4 is 22.2 Å². The summed E-state index contributed by atoms with van der Waals surface area (Å²) >= 11 is 3.02. The monoisotopic (exact) mass is 216 g/mol. The van der Waals surface area contributed by atoms with E-state index in [4.69, 9.17) is 0 Å². The van der Waals surface area contributed by atoms with Gasteiger partial charge >= 0.3 is 0 Å². The maximum atomic E-state index is 12.7. The van der Waals surface area contributed by atoms with Crippen LogP contribution in [0.25, 0.3) is 0 Å². The van der Waals surface area contributed by atoms with Gasteiger partial charge in [-0.3, -0.25) is 0 Å². The number of halogens is 2. The highest BCUT2D eigenvalue weighted by molar-refractivity contribution is 9.10. The fraction of sp³-hybridized carbons (Fsp3) is 0.125. The summed E-state index contributed by atoms with van der Waals surface area (Å²) in [5, 5.41) is 0. The first-order valence-electron chi connectivity index (χ1n) is 3.11. The van der Waals surface area contributed by atoms with Crippen molar-refractivity contribution in [1.29, 1.82) is 0 Å². The molecule has 0 amide bonds. The first-order chi connectivity index (χ1) is 5.24. The van der Waals surface area contributed by atoms with E-state index in [-0.39, 0.29) is 12.2 Å². The normalized spacial score (nSPS) is 9.64. The van der Waals surface area contributed by atoms with E-state index in [0.29, 0.717) is 10.0 Å². The lowest BCUT2D eigenvalue weighted by Gasteiger charge is -1.96. The molecule has 1 aromatic rings. The zero-order chi connectivity index (χ0) is 8.27. The zero-order valence-electron chi connectivity index (χ0n) is 5.68. The van der Waals surface area contributed by atoms with Crippen molar-refractivity contribution in [2.45, 2.75) is 6.42 Å². The zero-order valence-corrected chi connectivity index (χ0v) is 7.27. The molecule has 0 aliphatic heterocycles. The van der Waals surface area contributed by atoms with Crippen LogP contribution in [0.3, 0.4) is 0 Å². The van der Waals surface area contributed by atoms with Crippen molar-refractivity contribution in [2.75, 3.05) is 0 Å². The van der Waals surface area contributed by atoms with Gasteiger partial charge in [0.05, 0.1) is 4.47 Å². The maximum Gasteiger partial charge on any atom is 0.137 e. The SMILES string of the molecule is O=CCc1ccc(Br)c(F)c1. The molecule has 1 nitrogen and oxygen atoms in total. The van der Waals surface area contributed by atoms with Crippen LogP contribution in [0.1, 0.15) is 5.56 Å². The summed E-state index contributed by atoms with van der Waals surface area (Å²) in [5.74, 6) is -0.329. The molecule has 3 heteroatoms. The third-order valence-corrected chi connectivity index (χ3v) is 1.95. The summed E-state index contributed by atoms with van der Waals surface area (Å²) in [6, 6.07) is 4.65. The lowest BCUT2D eigenvalue weighted by Crippen LogP contribution is -1.87. The lowest BCUT2D eigenvalue weighted by atomic mass is 10.2. The second-order valence-corrected chi connectivity index (χ2v) is 2.97. The molecule has 11 heavy (non-hydrogen) atoms. The molecule has 1 rings (SSSR count). The van der Waals surface area contributed by atoms with Crippen molar-refractivity contribution in [3.8, 4) is 0 Å². The largest absolute Gasteiger partial charge is 0.303 e. The van der Waals surface area contributed by atoms with E-state index < -0.39 is 0 Å². The van der Waals surface area contributed by atoms with Crippen LogP contribution < -0.4 is 0 Å². The van der Waals surface area contributed by atoms with Gasteiger partial charge in [-0.2, -0.15) is 0 Å². The van der Waals surface area contributed by atoms with Gasteiger partial charge in [0.25, 0.3) is 0 Å². The molecule has 0 atom stereocenters. The topological polar surface area (TPSA) is 17.1 Å². The number of hydrogen-bond acceptors (Lipinski definition) is 1. The lowest BCUT2D eigenvalue weighted by molar-refractivity contribution is -0.107. The average Bonchev–Trinajstić information content (AvgIpc) is 1.98. The molecule has 0 aliphatic rings. The Hall–Kier alpha value is -0.700. The van der Waals surface area contributed by atoms with Gasteiger partial charge in [0.2, 0.25) is 0 Å². The predicted octanol–water partition coefficient (Wildman–Crippen LogP) is 2.33. The van der Waals surface area contributed by atoms with Gasteiger partial charge in [0, 0.05) is 6.42 Å². The Bertz CT molecular complexity index is 273. The van der Waals surface area contributed by atoms with Crippen LogP contribution in [0, 0.1) is 5.82 Å². The Balaban J connectivity index is 2.95. The minimum Gasteiger partial charge on any atom is -0.303 e. The Kier molecular flexibility index (Phi) is 2.76. The predicted molar refractivity (Wildman–Crippen MR) is 43.9 cm³/mol. The van der Waals surface area contributed by atoms with Gasteiger partial charge in [-0.1, -0.05) is 6.07 Å². The first-order valence-corrected chi connectivity index (χ1v) is 3.91. The van der Waals surface area contributed by atoms with Gasteiger partial charge in [0.15, 0.2) is 0 Å². The molecular weight excluding hydrogens is 211 g/mol. The maximum absolute atomic E-state index is 12.7. The van der Waals surface area contributed by atoms with E-state index in [1.165, 1.54) is 6.07 Å². The molecule has 0 aromatic heterocycles. The third kappa shape index (κ3) is 2.12. The van der Waals surface area contributed by atoms with Crippen molar-refractivity contribution in [1.82, 2.24) is 0 Å². The number of carbonyl (C=O) groups excluding carboxylic acids is 1. The van der Waals surface area contributed by atoms with Crippen LogP contribution in [-0.4, -0.2) is 6.29 Å². The van der Waals surface area contributed by atoms with Gasteiger partial charge < -0.3 is 4.79 Å². The molecule has 0 spiro atoms. The van der Waals surface area contributed by atoms with E-state index in [1.807, 2.05) is 0 Å². The fourth-order valence-electron chi connectivity index (χ4n) is 0.763. The number of rotatable bonds is 2. The molecule has 0 saturated carbocycles. The molecule has 0 bridgehead atoms. The molecule has 58 valence electrons. The van der Waals surface area contributed by atoms with E-state index in [1.54, 1.807) is 12.1 Å². The highest BCUT2D eigenvalue weighted by Crippen LogP contribution is 2.16. The van der Waals surface area contributed by atoms with Crippen LogP contribution in [-0.2, 0) is 11.2 Å². The van der Waals surface area contributed by atoms with Gasteiger partial charge in [0.1, 0.15) is 12.1 Å². The Morgan fingerprint density at radius 3 is 2.82 bits per heavy atom. The van der Waals surface area contributed by atoms with E-state index in [0.717, 1.165) is 6.29 Å². The molecule has 0 unspecified atom stereocenters. The summed E-state index contributed by atoms with van der Waals surface area (Å²) in [5.41, 5.74) is 0.695. The summed E-state index contributed by atoms with van der Waals surface area (Å²) in [7, 11) is 0. The van der Waals surface area contributed by atoms with Crippen LogP contribution in [0.2, 0.25) is 0 Å². The van der Waals surface area contributed by atoms with E-state index in [9.17, 15) is 9.18 Å². The molecule has 0 radical (unpaired) electrons.